The van der Waals surface area contributed by atoms with Crippen molar-refractivity contribution in [2.45, 2.75) is 12.5 Å². The lowest BCUT2D eigenvalue weighted by Gasteiger charge is -2.18. The van der Waals surface area contributed by atoms with Gasteiger partial charge in [-0.05, 0) is 42.8 Å². The van der Waals surface area contributed by atoms with E-state index >= 15 is 0 Å². The Morgan fingerprint density at radius 1 is 1.25 bits per heavy atom. The number of ether oxygens (including phenoxy) is 1. The minimum Gasteiger partial charge on any atom is -0.381 e. The highest BCUT2D eigenvalue weighted by atomic mass is 35.5. The third-order valence-corrected chi connectivity index (χ3v) is 5.52. The van der Waals surface area contributed by atoms with Crippen LogP contribution in [0, 0.1) is 11.7 Å². The molecule has 2 aromatic carbocycles. The smallest absolute Gasteiger partial charge is 0.284 e. The van der Waals surface area contributed by atoms with Gasteiger partial charge in [0.2, 0.25) is 0 Å². The predicted octanol–water partition coefficient (Wildman–Crippen LogP) is 3.03. The van der Waals surface area contributed by atoms with E-state index in [1.165, 1.54) is 24.3 Å². The highest BCUT2D eigenvalue weighted by Crippen LogP contribution is 2.21. The molecule has 0 bridgehead atoms. The molecule has 0 saturated carbocycles. The third-order valence-electron chi connectivity index (χ3n) is 5.27. The monoisotopic (exact) mass is 455 g/mol. The van der Waals surface area contributed by atoms with Gasteiger partial charge >= 0.3 is 0 Å². The topological polar surface area (TPSA) is 90.3 Å². The SMILES string of the molecule is O=CC(NC(=O)c1cc(-c2ccc(Cl)cc2)nn(-c2cccc(F)c2)c1=O)C1CCOC1. The Balaban J connectivity index is 1.79. The number of hydrogen-bond donors (Lipinski definition) is 1. The van der Waals surface area contributed by atoms with Gasteiger partial charge in [0.1, 0.15) is 17.7 Å². The lowest BCUT2D eigenvalue weighted by Crippen LogP contribution is -2.44. The van der Waals surface area contributed by atoms with Crippen LogP contribution in [0.5, 0.6) is 0 Å². The first-order chi connectivity index (χ1) is 15.5. The second-order valence-corrected chi connectivity index (χ2v) is 7.84. The van der Waals surface area contributed by atoms with Crippen LogP contribution < -0.4 is 10.9 Å². The summed E-state index contributed by atoms with van der Waals surface area (Å²) in [6.45, 7) is 0.858. The molecular weight excluding hydrogens is 437 g/mol. The van der Waals surface area contributed by atoms with E-state index in [2.05, 4.69) is 10.4 Å². The molecule has 4 rings (SSSR count). The second kappa shape index (κ2) is 9.42. The molecule has 1 amide bonds. The lowest BCUT2D eigenvalue weighted by molar-refractivity contribution is -0.110. The maximum atomic E-state index is 13.8. The summed E-state index contributed by atoms with van der Waals surface area (Å²) in [5.41, 5.74) is 0.112. The van der Waals surface area contributed by atoms with E-state index in [-0.39, 0.29) is 17.2 Å². The summed E-state index contributed by atoms with van der Waals surface area (Å²) in [6.07, 6.45) is 1.27. The van der Waals surface area contributed by atoms with Crippen LogP contribution in [0.2, 0.25) is 5.02 Å². The number of carbonyl (C=O) groups is 2. The zero-order valence-electron chi connectivity index (χ0n) is 16.8. The fourth-order valence-corrected chi connectivity index (χ4v) is 3.66. The molecule has 2 heterocycles. The summed E-state index contributed by atoms with van der Waals surface area (Å²) >= 11 is 5.96. The van der Waals surface area contributed by atoms with Gasteiger partial charge in [-0.15, -0.1) is 0 Å². The van der Waals surface area contributed by atoms with Gasteiger partial charge in [-0.2, -0.15) is 9.78 Å². The molecule has 0 aliphatic carbocycles. The Labute approximate surface area is 187 Å². The molecule has 1 aliphatic heterocycles. The fraction of sp³-hybridized carbons (Fsp3) is 0.217. The summed E-state index contributed by atoms with van der Waals surface area (Å²) in [4.78, 5) is 37.7. The molecular formula is C23H19ClFN3O4. The highest BCUT2D eigenvalue weighted by molar-refractivity contribution is 6.30. The van der Waals surface area contributed by atoms with Crippen LogP contribution in [-0.4, -0.2) is 41.2 Å². The van der Waals surface area contributed by atoms with Crippen LogP contribution in [0.1, 0.15) is 16.8 Å². The predicted molar refractivity (Wildman–Crippen MR) is 116 cm³/mol. The standard InChI is InChI=1S/C23H19ClFN3O4/c24-16-6-4-14(5-7-16)20-11-19(22(30)26-21(12-29)15-8-9-32-13-15)23(31)28(27-20)18-3-1-2-17(25)10-18/h1-7,10-12,15,21H,8-9,13H2,(H,26,30). The Bertz CT molecular complexity index is 1210. The second-order valence-electron chi connectivity index (χ2n) is 7.41. The Morgan fingerprint density at radius 3 is 2.69 bits per heavy atom. The summed E-state index contributed by atoms with van der Waals surface area (Å²) < 4.78 is 20.1. The quantitative estimate of drug-likeness (QED) is 0.577. The molecule has 32 heavy (non-hydrogen) atoms. The average molecular weight is 456 g/mol. The van der Waals surface area contributed by atoms with Crippen molar-refractivity contribution in [2.24, 2.45) is 5.92 Å². The maximum Gasteiger partial charge on any atom is 0.284 e. The van der Waals surface area contributed by atoms with Gasteiger partial charge in [-0.25, -0.2) is 4.39 Å². The molecule has 1 aliphatic rings. The van der Waals surface area contributed by atoms with Gasteiger partial charge in [-0.3, -0.25) is 9.59 Å². The van der Waals surface area contributed by atoms with E-state index in [9.17, 15) is 18.8 Å². The third kappa shape index (κ3) is 4.61. The van der Waals surface area contributed by atoms with Crippen molar-refractivity contribution >= 4 is 23.8 Å². The summed E-state index contributed by atoms with van der Waals surface area (Å²) in [5.74, 6) is -1.44. The van der Waals surface area contributed by atoms with Crippen molar-refractivity contribution in [1.82, 2.24) is 15.1 Å². The van der Waals surface area contributed by atoms with Crippen LogP contribution in [0.4, 0.5) is 4.39 Å². The van der Waals surface area contributed by atoms with Crippen molar-refractivity contribution in [3.8, 4) is 16.9 Å². The number of benzene rings is 2. The number of carbonyl (C=O) groups excluding carboxylic acids is 2. The first-order valence-corrected chi connectivity index (χ1v) is 10.3. The molecule has 1 N–H and O–H groups in total. The van der Waals surface area contributed by atoms with Gasteiger partial charge < -0.3 is 14.8 Å². The Kier molecular flexibility index (Phi) is 6.43. The first-order valence-electron chi connectivity index (χ1n) is 9.96. The van der Waals surface area contributed by atoms with Crippen LogP contribution in [-0.2, 0) is 9.53 Å². The van der Waals surface area contributed by atoms with E-state index in [1.54, 1.807) is 24.3 Å². The van der Waals surface area contributed by atoms with E-state index in [1.807, 2.05) is 0 Å². The molecule has 9 heteroatoms. The van der Waals surface area contributed by atoms with Gasteiger partial charge in [0.25, 0.3) is 11.5 Å². The molecule has 7 nitrogen and oxygen atoms in total. The number of nitrogens with one attached hydrogen (secondary N) is 1. The Morgan fingerprint density at radius 2 is 2.03 bits per heavy atom. The molecule has 0 spiro atoms. The maximum absolute atomic E-state index is 13.8. The van der Waals surface area contributed by atoms with Gasteiger partial charge in [0.05, 0.1) is 24.0 Å². The molecule has 1 fully saturated rings. The summed E-state index contributed by atoms with van der Waals surface area (Å²) in [6, 6.07) is 12.6. The molecule has 164 valence electrons. The summed E-state index contributed by atoms with van der Waals surface area (Å²) in [5, 5.41) is 7.46. The zero-order chi connectivity index (χ0) is 22.7. The van der Waals surface area contributed by atoms with Crippen LogP contribution in [0.25, 0.3) is 16.9 Å². The first kappa shape index (κ1) is 21.9. The number of halogens is 2. The number of amides is 1. The number of nitrogens with zero attached hydrogens (tertiary/aromatic N) is 2. The molecule has 1 saturated heterocycles. The van der Waals surface area contributed by atoms with Crippen LogP contribution >= 0.6 is 11.6 Å². The molecule has 2 unspecified atom stereocenters. The fourth-order valence-electron chi connectivity index (χ4n) is 3.53. The van der Waals surface area contributed by atoms with Crippen molar-refractivity contribution < 1.29 is 18.7 Å². The van der Waals surface area contributed by atoms with E-state index in [4.69, 9.17) is 16.3 Å². The molecule has 2 atom stereocenters. The van der Waals surface area contributed by atoms with Gasteiger partial charge in [0, 0.05) is 23.1 Å². The zero-order valence-corrected chi connectivity index (χ0v) is 17.6. The number of aromatic nitrogens is 2. The van der Waals surface area contributed by atoms with Gasteiger partial charge in [0.15, 0.2) is 0 Å². The van der Waals surface area contributed by atoms with Crippen molar-refractivity contribution in [3.63, 3.8) is 0 Å². The highest BCUT2D eigenvalue weighted by Gasteiger charge is 2.28. The van der Waals surface area contributed by atoms with Crippen molar-refractivity contribution in [3.05, 3.63) is 81.4 Å². The Hall–Kier alpha value is -3.36. The number of rotatable bonds is 6. The molecule has 3 aromatic rings. The molecule has 1 aromatic heterocycles. The minimum absolute atomic E-state index is 0.163. The van der Waals surface area contributed by atoms with E-state index in [0.29, 0.717) is 42.2 Å². The van der Waals surface area contributed by atoms with Crippen molar-refractivity contribution in [1.29, 1.82) is 0 Å². The minimum atomic E-state index is -0.792. The van der Waals surface area contributed by atoms with Crippen LogP contribution in [0.3, 0.4) is 0 Å². The van der Waals surface area contributed by atoms with E-state index in [0.717, 1.165) is 10.7 Å². The number of hydrogen-bond acceptors (Lipinski definition) is 5. The lowest BCUT2D eigenvalue weighted by atomic mass is 10.00. The largest absolute Gasteiger partial charge is 0.381 e. The van der Waals surface area contributed by atoms with Crippen LogP contribution in [0.15, 0.2) is 59.4 Å². The normalized spacial score (nSPS) is 16.5. The molecule has 0 radical (unpaired) electrons. The number of aldehydes is 1. The summed E-state index contributed by atoms with van der Waals surface area (Å²) in [7, 11) is 0. The average Bonchev–Trinajstić information content (AvgIpc) is 3.33. The van der Waals surface area contributed by atoms with Gasteiger partial charge in [-0.1, -0.05) is 29.8 Å². The van der Waals surface area contributed by atoms with Crippen molar-refractivity contribution in [2.75, 3.05) is 13.2 Å². The van der Waals surface area contributed by atoms with E-state index < -0.39 is 23.3 Å².